The van der Waals surface area contributed by atoms with E-state index in [9.17, 15) is 0 Å². The molecule has 1 saturated heterocycles. The van der Waals surface area contributed by atoms with Crippen LogP contribution in [-0.2, 0) is 0 Å². The lowest BCUT2D eigenvalue weighted by molar-refractivity contribution is 0.315. The molecule has 0 aromatic carbocycles. The fourth-order valence-corrected chi connectivity index (χ4v) is 2.75. The molecule has 1 aliphatic heterocycles. The van der Waals surface area contributed by atoms with E-state index in [1.54, 1.807) is 0 Å². The van der Waals surface area contributed by atoms with Crippen molar-refractivity contribution in [2.75, 3.05) is 43.9 Å². The minimum Gasteiger partial charge on any atom is -0.369 e. The molecule has 0 amide bonds. The minimum atomic E-state index is 0.592. The molecule has 0 bridgehead atoms. The molecule has 1 fully saturated rings. The Bertz CT molecular complexity index is 590. The first-order valence-corrected chi connectivity index (χ1v) is 7.18. The van der Waals surface area contributed by atoms with Crippen molar-refractivity contribution in [2.24, 2.45) is 0 Å². The van der Waals surface area contributed by atoms with E-state index in [0.717, 1.165) is 36.9 Å². The summed E-state index contributed by atoms with van der Waals surface area (Å²) in [6, 6.07) is 0.592. The summed E-state index contributed by atoms with van der Waals surface area (Å²) in [5, 5.41) is 3.29. The predicted octanol–water partition coefficient (Wildman–Crippen LogP) is 1.30. The number of hydrogen-bond donors (Lipinski definition) is 1. The third-order valence-corrected chi connectivity index (χ3v) is 3.91. The van der Waals surface area contributed by atoms with E-state index in [1.165, 1.54) is 6.42 Å². The van der Waals surface area contributed by atoms with Gasteiger partial charge in [0.05, 0.1) is 6.20 Å². The third kappa shape index (κ3) is 2.31. The molecular formula is C14H22N6. The first-order chi connectivity index (χ1) is 9.69. The molecule has 0 aliphatic carbocycles. The minimum absolute atomic E-state index is 0.592. The lowest BCUT2D eigenvalue weighted by atomic mass is 10.2. The van der Waals surface area contributed by atoms with Crippen molar-refractivity contribution in [1.29, 1.82) is 0 Å². The molecule has 6 heteroatoms. The van der Waals surface area contributed by atoms with Crippen LogP contribution in [0.1, 0.15) is 13.3 Å². The van der Waals surface area contributed by atoms with Gasteiger partial charge < -0.3 is 19.5 Å². The van der Waals surface area contributed by atoms with Crippen molar-refractivity contribution in [1.82, 2.24) is 19.3 Å². The maximum atomic E-state index is 4.75. The lowest BCUT2D eigenvalue weighted by Crippen LogP contribution is -2.32. The third-order valence-electron chi connectivity index (χ3n) is 3.91. The zero-order chi connectivity index (χ0) is 14.1. The fraction of sp³-hybridized carbons (Fsp3) is 0.571. The summed E-state index contributed by atoms with van der Waals surface area (Å²) < 4.78 is 2.04. The Morgan fingerprint density at radius 2 is 2.30 bits per heavy atom. The van der Waals surface area contributed by atoms with E-state index >= 15 is 0 Å². The molecule has 0 spiro atoms. The van der Waals surface area contributed by atoms with E-state index in [-0.39, 0.29) is 0 Å². The first kappa shape index (κ1) is 13.2. The van der Waals surface area contributed by atoms with Gasteiger partial charge in [0.25, 0.3) is 0 Å². The van der Waals surface area contributed by atoms with E-state index in [0.29, 0.717) is 6.04 Å². The van der Waals surface area contributed by atoms with E-state index in [2.05, 4.69) is 41.1 Å². The number of anilines is 2. The second kappa shape index (κ2) is 5.28. The van der Waals surface area contributed by atoms with Crippen molar-refractivity contribution in [2.45, 2.75) is 19.4 Å². The number of fused-ring (bicyclic) bond motifs is 1. The summed E-state index contributed by atoms with van der Waals surface area (Å²) in [4.78, 5) is 13.8. The molecular weight excluding hydrogens is 252 g/mol. The molecule has 1 unspecified atom stereocenters. The summed E-state index contributed by atoms with van der Waals surface area (Å²) in [5.74, 6) is 1.89. The summed E-state index contributed by atoms with van der Waals surface area (Å²) in [6.07, 6.45) is 6.97. The van der Waals surface area contributed by atoms with Crippen molar-refractivity contribution < 1.29 is 0 Å². The second-order valence-electron chi connectivity index (χ2n) is 5.49. The van der Waals surface area contributed by atoms with Gasteiger partial charge >= 0.3 is 0 Å². The molecule has 2 aromatic heterocycles. The van der Waals surface area contributed by atoms with Gasteiger partial charge in [-0.2, -0.15) is 0 Å². The van der Waals surface area contributed by atoms with Crippen LogP contribution in [0.25, 0.3) is 5.65 Å². The summed E-state index contributed by atoms with van der Waals surface area (Å²) in [7, 11) is 4.28. The quantitative estimate of drug-likeness (QED) is 0.910. The predicted molar refractivity (Wildman–Crippen MR) is 81.5 cm³/mol. The van der Waals surface area contributed by atoms with Gasteiger partial charge in [-0.05, 0) is 27.4 Å². The molecule has 2 aromatic rings. The van der Waals surface area contributed by atoms with Crippen molar-refractivity contribution in [3.8, 4) is 0 Å². The average Bonchev–Trinajstić information content (AvgIpc) is 3.07. The van der Waals surface area contributed by atoms with Gasteiger partial charge in [0.1, 0.15) is 5.82 Å². The van der Waals surface area contributed by atoms with Crippen molar-refractivity contribution in [3.63, 3.8) is 0 Å². The van der Waals surface area contributed by atoms with Crippen LogP contribution in [0.5, 0.6) is 0 Å². The van der Waals surface area contributed by atoms with Gasteiger partial charge in [-0.25, -0.2) is 9.97 Å². The van der Waals surface area contributed by atoms with Gasteiger partial charge in [-0.3, -0.25) is 0 Å². The largest absolute Gasteiger partial charge is 0.369 e. The molecule has 1 aliphatic rings. The summed E-state index contributed by atoms with van der Waals surface area (Å²) in [6.45, 7) is 5.00. The van der Waals surface area contributed by atoms with E-state index in [4.69, 9.17) is 4.98 Å². The van der Waals surface area contributed by atoms with Crippen LogP contribution in [0.4, 0.5) is 11.6 Å². The Morgan fingerprint density at radius 1 is 1.45 bits per heavy atom. The number of rotatable bonds is 4. The monoisotopic (exact) mass is 274 g/mol. The smallest absolute Gasteiger partial charge is 0.180 e. The van der Waals surface area contributed by atoms with Crippen LogP contribution in [0.15, 0.2) is 18.6 Å². The van der Waals surface area contributed by atoms with E-state index in [1.807, 2.05) is 23.0 Å². The first-order valence-electron chi connectivity index (χ1n) is 7.18. The van der Waals surface area contributed by atoms with Crippen molar-refractivity contribution in [3.05, 3.63) is 18.6 Å². The molecule has 0 saturated carbocycles. The number of likely N-dealkylation sites (N-methyl/N-ethyl adjacent to an activating group) is 1. The number of imidazole rings is 1. The molecule has 0 radical (unpaired) electrons. The highest BCUT2D eigenvalue weighted by molar-refractivity contribution is 5.67. The van der Waals surface area contributed by atoms with Crippen LogP contribution < -0.4 is 10.2 Å². The van der Waals surface area contributed by atoms with Crippen molar-refractivity contribution >= 4 is 17.3 Å². The van der Waals surface area contributed by atoms with Gasteiger partial charge in [-0.1, -0.05) is 0 Å². The molecule has 20 heavy (non-hydrogen) atoms. The van der Waals surface area contributed by atoms with Gasteiger partial charge in [0.15, 0.2) is 11.5 Å². The number of hydrogen-bond acceptors (Lipinski definition) is 5. The lowest BCUT2D eigenvalue weighted by Gasteiger charge is -2.21. The highest BCUT2D eigenvalue weighted by Gasteiger charge is 2.27. The maximum absolute atomic E-state index is 4.75. The van der Waals surface area contributed by atoms with Crippen LogP contribution in [0, 0.1) is 0 Å². The molecule has 3 heterocycles. The normalized spacial score (nSPS) is 19.2. The number of nitrogens with zero attached hydrogens (tertiary/aromatic N) is 5. The molecule has 3 rings (SSSR count). The van der Waals surface area contributed by atoms with Crippen LogP contribution in [-0.4, -0.2) is 59.0 Å². The molecule has 108 valence electrons. The van der Waals surface area contributed by atoms with Gasteiger partial charge in [-0.15, -0.1) is 0 Å². The Kier molecular flexibility index (Phi) is 3.48. The highest BCUT2D eigenvalue weighted by atomic mass is 15.3. The standard InChI is InChI=1S/C14H22N6/c1-4-15-12-10-20-8-6-16-13(20)14(17-12)19-7-5-11(9-19)18(2)3/h6,8,10-11,15H,4-5,7,9H2,1-3H3. The van der Waals surface area contributed by atoms with Crippen LogP contribution in [0.3, 0.4) is 0 Å². The second-order valence-corrected chi connectivity index (χ2v) is 5.49. The molecule has 1 atom stereocenters. The number of nitrogens with one attached hydrogen (secondary N) is 1. The average molecular weight is 274 g/mol. The SMILES string of the molecule is CCNc1cn2ccnc2c(N2CCC(N(C)C)C2)n1. The van der Waals surface area contributed by atoms with Gasteiger partial charge in [0, 0.05) is 38.1 Å². The zero-order valence-electron chi connectivity index (χ0n) is 12.4. The molecule has 6 nitrogen and oxygen atoms in total. The van der Waals surface area contributed by atoms with Gasteiger partial charge in [0.2, 0.25) is 0 Å². The zero-order valence-corrected chi connectivity index (χ0v) is 12.4. The Morgan fingerprint density at radius 3 is 3.00 bits per heavy atom. The molecule has 1 N–H and O–H groups in total. The fourth-order valence-electron chi connectivity index (χ4n) is 2.75. The summed E-state index contributed by atoms with van der Waals surface area (Å²) in [5.41, 5.74) is 0.936. The van der Waals surface area contributed by atoms with E-state index < -0.39 is 0 Å². The highest BCUT2D eigenvalue weighted by Crippen LogP contribution is 2.25. The summed E-state index contributed by atoms with van der Waals surface area (Å²) >= 11 is 0. The Balaban J connectivity index is 1.95. The topological polar surface area (TPSA) is 48.7 Å². The Hall–Kier alpha value is -1.82. The van der Waals surface area contributed by atoms with Crippen LogP contribution in [0.2, 0.25) is 0 Å². The Labute approximate surface area is 119 Å². The van der Waals surface area contributed by atoms with Crippen LogP contribution >= 0.6 is 0 Å². The number of aromatic nitrogens is 3. The maximum Gasteiger partial charge on any atom is 0.180 e.